The van der Waals surface area contributed by atoms with Crippen LogP contribution in [-0.4, -0.2) is 34.4 Å². The van der Waals surface area contributed by atoms with Gasteiger partial charge in [0.15, 0.2) is 11.5 Å². The molecule has 0 radical (unpaired) electrons. The molecule has 0 bridgehead atoms. The van der Waals surface area contributed by atoms with Crippen LogP contribution in [0.4, 0.5) is 5.69 Å². The first-order valence-electron chi connectivity index (χ1n) is 8.88. The van der Waals surface area contributed by atoms with E-state index in [1.54, 1.807) is 21.3 Å². The summed E-state index contributed by atoms with van der Waals surface area (Å²) in [6, 6.07) is 12.9. The average Bonchev–Trinajstić information content (AvgIpc) is 2.87. The van der Waals surface area contributed by atoms with Gasteiger partial charge in [-0.3, -0.25) is 0 Å². The molecule has 1 aliphatic rings. The SMILES string of the molecule is COc1cc(CCN2CCCCc3ccccc32)cc(OC)c1OC. The predicted octanol–water partition coefficient (Wildman–Crippen LogP) is 4.10. The summed E-state index contributed by atoms with van der Waals surface area (Å²) >= 11 is 0. The number of fused-ring (bicyclic) bond motifs is 1. The highest BCUT2D eigenvalue weighted by Gasteiger charge is 2.16. The van der Waals surface area contributed by atoms with E-state index in [1.807, 2.05) is 12.1 Å². The van der Waals surface area contributed by atoms with Crippen LogP contribution in [0.5, 0.6) is 17.2 Å². The molecule has 3 rings (SSSR count). The van der Waals surface area contributed by atoms with Crippen LogP contribution >= 0.6 is 0 Å². The van der Waals surface area contributed by atoms with Gasteiger partial charge in [-0.1, -0.05) is 18.2 Å². The van der Waals surface area contributed by atoms with Gasteiger partial charge >= 0.3 is 0 Å². The number of para-hydroxylation sites is 1. The number of rotatable bonds is 6. The molecule has 0 aliphatic carbocycles. The Morgan fingerprint density at radius 1 is 0.920 bits per heavy atom. The first-order chi connectivity index (χ1) is 12.3. The second kappa shape index (κ2) is 8.15. The van der Waals surface area contributed by atoms with Gasteiger partial charge in [-0.25, -0.2) is 0 Å². The molecule has 0 unspecified atom stereocenters. The summed E-state index contributed by atoms with van der Waals surface area (Å²) in [5.74, 6) is 2.08. The molecule has 0 fully saturated rings. The van der Waals surface area contributed by atoms with E-state index in [4.69, 9.17) is 14.2 Å². The largest absolute Gasteiger partial charge is 0.493 e. The second-order valence-electron chi connectivity index (χ2n) is 6.36. The molecular weight excluding hydrogens is 314 g/mol. The minimum atomic E-state index is 0.647. The summed E-state index contributed by atoms with van der Waals surface area (Å²) in [5, 5.41) is 0. The number of aryl methyl sites for hydroxylation is 1. The van der Waals surface area contributed by atoms with Crippen molar-refractivity contribution in [3.63, 3.8) is 0 Å². The number of hydrogen-bond donors (Lipinski definition) is 0. The lowest BCUT2D eigenvalue weighted by Gasteiger charge is -2.25. The number of ether oxygens (including phenoxy) is 3. The highest BCUT2D eigenvalue weighted by molar-refractivity contribution is 5.56. The van der Waals surface area contributed by atoms with Crippen molar-refractivity contribution in [3.8, 4) is 17.2 Å². The molecule has 4 nitrogen and oxygen atoms in total. The van der Waals surface area contributed by atoms with Gasteiger partial charge in [0.2, 0.25) is 5.75 Å². The summed E-state index contributed by atoms with van der Waals surface area (Å²) < 4.78 is 16.3. The Bertz CT molecular complexity index is 689. The van der Waals surface area contributed by atoms with Crippen molar-refractivity contribution in [1.29, 1.82) is 0 Å². The molecular formula is C21H27NO3. The Morgan fingerprint density at radius 2 is 1.64 bits per heavy atom. The van der Waals surface area contributed by atoms with E-state index < -0.39 is 0 Å². The Hall–Kier alpha value is -2.36. The predicted molar refractivity (Wildman–Crippen MR) is 101 cm³/mol. The third-order valence-corrected chi connectivity index (χ3v) is 4.85. The fourth-order valence-corrected chi connectivity index (χ4v) is 3.55. The van der Waals surface area contributed by atoms with Gasteiger partial charge in [0.05, 0.1) is 21.3 Å². The average molecular weight is 341 g/mol. The maximum atomic E-state index is 5.47. The molecule has 0 N–H and O–H groups in total. The molecule has 4 heteroatoms. The van der Waals surface area contributed by atoms with Crippen LogP contribution in [0.3, 0.4) is 0 Å². The molecule has 0 aromatic heterocycles. The van der Waals surface area contributed by atoms with Crippen molar-refractivity contribution in [3.05, 3.63) is 47.5 Å². The first-order valence-corrected chi connectivity index (χ1v) is 8.88. The Balaban J connectivity index is 1.80. The van der Waals surface area contributed by atoms with Gasteiger partial charge in [0.25, 0.3) is 0 Å². The van der Waals surface area contributed by atoms with Crippen LogP contribution < -0.4 is 19.1 Å². The monoisotopic (exact) mass is 341 g/mol. The van der Waals surface area contributed by atoms with Crippen molar-refractivity contribution in [1.82, 2.24) is 0 Å². The van der Waals surface area contributed by atoms with Gasteiger partial charge in [0, 0.05) is 18.8 Å². The standard InChI is InChI=1S/C21H27NO3/c1-23-19-14-16(15-20(24-2)21(19)25-3)11-13-22-12-7-6-9-17-8-4-5-10-18(17)22/h4-5,8,10,14-15H,6-7,9,11-13H2,1-3H3. The van der Waals surface area contributed by atoms with Crippen molar-refractivity contribution < 1.29 is 14.2 Å². The number of hydrogen-bond acceptors (Lipinski definition) is 4. The number of methoxy groups -OCH3 is 3. The van der Waals surface area contributed by atoms with Crippen LogP contribution in [0, 0.1) is 0 Å². The van der Waals surface area contributed by atoms with E-state index in [1.165, 1.54) is 36.1 Å². The van der Waals surface area contributed by atoms with E-state index >= 15 is 0 Å². The minimum Gasteiger partial charge on any atom is -0.493 e. The lowest BCUT2D eigenvalue weighted by atomic mass is 10.1. The van der Waals surface area contributed by atoms with Crippen molar-refractivity contribution in [2.24, 2.45) is 0 Å². The second-order valence-corrected chi connectivity index (χ2v) is 6.36. The van der Waals surface area contributed by atoms with Gasteiger partial charge in [0.1, 0.15) is 0 Å². The summed E-state index contributed by atoms with van der Waals surface area (Å²) in [4.78, 5) is 2.51. The fourth-order valence-electron chi connectivity index (χ4n) is 3.55. The van der Waals surface area contributed by atoms with Gasteiger partial charge < -0.3 is 19.1 Å². The molecule has 0 spiro atoms. The summed E-state index contributed by atoms with van der Waals surface area (Å²) in [6.45, 7) is 2.09. The maximum absolute atomic E-state index is 5.47. The van der Waals surface area contributed by atoms with Gasteiger partial charge in [-0.05, 0) is 55.0 Å². The van der Waals surface area contributed by atoms with Crippen LogP contribution in [0.1, 0.15) is 24.0 Å². The highest BCUT2D eigenvalue weighted by atomic mass is 16.5. The molecule has 2 aromatic rings. The number of nitrogens with zero attached hydrogens (tertiary/aromatic N) is 1. The van der Waals surface area contributed by atoms with Crippen molar-refractivity contribution in [2.45, 2.75) is 25.7 Å². The zero-order valence-corrected chi connectivity index (χ0v) is 15.4. The van der Waals surface area contributed by atoms with Crippen LogP contribution in [0.15, 0.2) is 36.4 Å². The van der Waals surface area contributed by atoms with E-state index in [2.05, 4.69) is 29.2 Å². The lowest BCUT2D eigenvalue weighted by Crippen LogP contribution is -2.26. The van der Waals surface area contributed by atoms with Crippen LogP contribution in [-0.2, 0) is 12.8 Å². The molecule has 134 valence electrons. The number of benzene rings is 2. The van der Waals surface area contributed by atoms with E-state index in [0.29, 0.717) is 17.2 Å². The van der Waals surface area contributed by atoms with Crippen molar-refractivity contribution >= 4 is 5.69 Å². The lowest BCUT2D eigenvalue weighted by molar-refractivity contribution is 0.324. The Kier molecular flexibility index (Phi) is 5.69. The quantitative estimate of drug-likeness (QED) is 0.791. The maximum Gasteiger partial charge on any atom is 0.203 e. The molecule has 1 aliphatic heterocycles. The zero-order chi connectivity index (χ0) is 17.6. The summed E-state index contributed by atoms with van der Waals surface area (Å²) in [6.07, 6.45) is 4.61. The van der Waals surface area contributed by atoms with Crippen LogP contribution in [0.2, 0.25) is 0 Å². The molecule has 0 saturated carbocycles. The first kappa shape index (κ1) is 17.5. The molecule has 0 atom stereocenters. The Labute approximate surface area is 150 Å². The molecule has 0 saturated heterocycles. The molecule has 0 amide bonds. The smallest absolute Gasteiger partial charge is 0.203 e. The van der Waals surface area contributed by atoms with Crippen LogP contribution in [0.25, 0.3) is 0 Å². The van der Waals surface area contributed by atoms with Gasteiger partial charge in [-0.15, -0.1) is 0 Å². The van der Waals surface area contributed by atoms with E-state index in [-0.39, 0.29) is 0 Å². The van der Waals surface area contributed by atoms with E-state index in [0.717, 1.165) is 19.5 Å². The molecule has 25 heavy (non-hydrogen) atoms. The fraction of sp³-hybridized carbons (Fsp3) is 0.429. The van der Waals surface area contributed by atoms with Crippen molar-refractivity contribution in [2.75, 3.05) is 39.3 Å². The third kappa shape index (κ3) is 3.84. The third-order valence-electron chi connectivity index (χ3n) is 4.85. The highest BCUT2D eigenvalue weighted by Crippen LogP contribution is 2.38. The normalized spacial score (nSPS) is 13.8. The Morgan fingerprint density at radius 3 is 2.32 bits per heavy atom. The number of anilines is 1. The summed E-state index contributed by atoms with van der Waals surface area (Å²) in [5.41, 5.74) is 4.04. The van der Waals surface area contributed by atoms with Gasteiger partial charge in [-0.2, -0.15) is 0 Å². The zero-order valence-electron chi connectivity index (χ0n) is 15.4. The summed E-state index contributed by atoms with van der Waals surface area (Å²) in [7, 11) is 4.95. The molecule has 1 heterocycles. The molecule has 2 aromatic carbocycles. The minimum absolute atomic E-state index is 0.647. The topological polar surface area (TPSA) is 30.9 Å². The van der Waals surface area contributed by atoms with E-state index in [9.17, 15) is 0 Å².